The quantitative estimate of drug-likeness (QED) is 0.792. The fraction of sp³-hybridized carbons (Fsp3) is 0.278. The number of halogens is 2. The normalized spacial score (nSPS) is 10.3. The lowest BCUT2D eigenvalue weighted by Crippen LogP contribution is -2.33. The molecule has 0 saturated carbocycles. The zero-order valence-corrected chi connectivity index (χ0v) is 14.2. The molecule has 0 atom stereocenters. The molecule has 0 unspecified atom stereocenters. The van der Waals surface area contributed by atoms with Crippen LogP contribution in [0, 0.1) is 5.82 Å². The van der Waals surface area contributed by atoms with Crippen LogP contribution in [0.1, 0.15) is 6.42 Å². The number of para-hydroxylation sites is 1. The fourth-order valence-electron chi connectivity index (χ4n) is 2.11. The number of likely N-dealkylation sites (N-methyl/N-ethyl adjacent to an activating group) is 1. The zero-order chi connectivity index (χ0) is 17.4. The lowest BCUT2D eigenvalue weighted by molar-refractivity contribution is -0.121. The van der Waals surface area contributed by atoms with Crippen LogP contribution in [0.25, 0.3) is 0 Å². The third kappa shape index (κ3) is 5.74. The summed E-state index contributed by atoms with van der Waals surface area (Å²) < 4.78 is 18.3. The van der Waals surface area contributed by atoms with E-state index in [0.717, 1.165) is 5.69 Å². The summed E-state index contributed by atoms with van der Waals surface area (Å²) in [6, 6.07) is 13.8. The van der Waals surface area contributed by atoms with Crippen LogP contribution in [0.2, 0.25) is 5.02 Å². The number of ether oxygens (including phenoxy) is 1. The van der Waals surface area contributed by atoms with Crippen molar-refractivity contribution in [2.45, 2.75) is 6.42 Å². The Labute approximate surface area is 146 Å². The summed E-state index contributed by atoms with van der Waals surface area (Å²) in [4.78, 5) is 13.9. The average molecular weight is 351 g/mol. The van der Waals surface area contributed by atoms with Crippen LogP contribution in [0.4, 0.5) is 10.1 Å². The Morgan fingerprint density at radius 1 is 1.25 bits per heavy atom. The second kappa shape index (κ2) is 9.13. The van der Waals surface area contributed by atoms with E-state index in [0.29, 0.717) is 18.8 Å². The summed E-state index contributed by atoms with van der Waals surface area (Å²) >= 11 is 5.85. The molecule has 0 aliphatic carbocycles. The van der Waals surface area contributed by atoms with Gasteiger partial charge in [0.15, 0.2) is 0 Å². The van der Waals surface area contributed by atoms with E-state index >= 15 is 0 Å². The predicted octanol–water partition coefficient (Wildman–Crippen LogP) is 3.50. The van der Waals surface area contributed by atoms with Crippen LogP contribution in [0.3, 0.4) is 0 Å². The molecule has 1 N–H and O–H groups in total. The Bertz CT molecular complexity index is 667. The van der Waals surface area contributed by atoms with Crippen molar-refractivity contribution in [2.24, 2.45) is 0 Å². The van der Waals surface area contributed by atoms with Gasteiger partial charge in [-0.15, -0.1) is 0 Å². The maximum Gasteiger partial charge on any atom is 0.223 e. The molecule has 4 nitrogen and oxygen atoms in total. The van der Waals surface area contributed by atoms with Gasteiger partial charge in [-0.25, -0.2) is 4.39 Å². The van der Waals surface area contributed by atoms with Gasteiger partial charge in [-0.2, -0.15) is 0 Å². The smallest absolute Gasteiger partial charge is 0.223 e. The Balaban J connectivity index is 1.65. The molecule has 0 aliphatic rings. The lowest BCUT2D eigenvalue weighted by atomic mass is 10.3. The van der Waals surface area contributed by atoms with Gasteiger partial charge in [-0.3, -0.25) is 4.79 Å². The van der Waals surface area contributed by atoms with Gasteiger partial charge in [0.25, 0.3) is 0 Å². The molecule has 24 heavy (non-hydrogen) atoms. The summed E-state index contributed by atoms with van der Waals surface area (Å²) in [6.45, 7) is 1.44. The van der Waals surface area contributed by atoms with Crippen LogP contribution in [0.5, 0.6) is 5.75 Å². The number of rotatable bonds is 8. The van der Waals surface area contributed by atoms with Crippen molar-refractivity contribution >= 4 is 23.2 Å². The van der Waals surface area contributed by atoms with Gasteiger partial charge in [0.05, 0.1) is 18.1 Å². The first-order valence-electron chi connectivity index (χ1n) is 7.67. The minimum Gasteiger partial charge on any atom is -0.491 e. The van der Waals surface area contributed by atoms with Crippen LogP contribution < -0.4 is 15.0 Å². The SMILES string of the molecule is CN(CCNC(=O)CCOc1ccc(F)cc1Cl)c1ccccc1. The Morgan fingerprint density at radius 3 is 2.71 bits per heavy atom. The standard InChI is InChI=1S/C18H20ClFN2O2/c1-22(15-5-3-2-4-6-15)11-10-21-18(23)9-12-24-17-8-7-14(20)13-16(17)19/h2-8,13H,9-12H2,1H3,(H,21,23). The Morgan fingerprint density at radius 2 is 2.00 bits per heavy atom. The van der Waals surface area contributed by atoms with Crippen molar-refractivity contribution in [3.05, 3.63) is 59.4 Å². The Kier molecular flexibility index (Phi) is 6.88. The van der Waals surface area contributed by atoms with E-state index in [1.165, 1.54) is 18.2 Å². The second-order valence-corrected chi connectivity index (χ2v) is 5.69. The number of hydrogen-bond donors (Lipinski definition) is 1. The molecule has 128 valence electrons. The first-order valence-corrected chi connectivity index (χ1v) is 8.05. The number of hydrogen-bond acceptors (Lipinski definition) is 3. The summed E-state index contributed by atoms with van der Waals surface area (Å²) in [7, 11) is 1.97. The summed E-state index contributed by atoms with van der Waals surface area (Å²) in [5, 5.41) is 3.03. The van der Waals surface area contributed by atoms with Gasteiger partial charge in [-0.05, 0) is 30.3 Å². The molecule has 6 heteroatoms. The van der Waals surface area contributed by atoms with E-state index in [1.807, 2.05) is 37.4 Å². The maximum absolute atomic E-state index is 12.9. The minimum absolute atomic E-state index is 0.102. The molecule has 0 saturated heterocycles. The summed E-state index contributed by atoms with van der Waals surface area (Å²) in [5.41, 5.74) is 1.10. The zero-order valence-electron chi connectivity index (χ0n) is 13.5. The Hall–Kier alpha value is -2.27. The molecule has 0 aromatic heterocycles. The highest BCUT2D eigenvalue weighted by atomic mass is 35.5. The van der Waals surface area contributed by atoms with Crippen LogP contribution >= 0.6 is 11.6 Å². The fourth-order valence-corrected chi connectivity index (χ4v) is 2.33. The molecular formula is C18H20ClFN2O2. The van der Waals surface area contributed by atoms with E-state index < -0.39 is 5.82 Å². The minimum atomic E-state index is -0.423. The van der Waals surface area contributed by atoms with Gasteiger partial charge in [0.1, 0.15) is 11.6 Å². The molecular weight excluding hydrogens is 331 g/mol. The van der Waals surface area contributed by atoms with Gasteiger partial charge in [0.2, 0.25) is 5.91 Å². The van der Waals surface area contributed by atoms with E-state index in [1.54, 1.807) is 0 Å². The molecule has 1 amide bonds. The topological polar surface area (TPSA) is 41.6 Å². The van der Waals surface area contributed by atoms with E-state index in [9.17, 15) is 9.18 Å². The molecule has 0 aliphatic heterocycles. The van der Waals surface area contributed by atoms with Crippen molar-refractivity contribution in [3.8, 4) is 5.75 Å². The van der Waals surface area contributed by atoms with Crippen molar-refractivity contribution in [2.75, 3.05) is 31.6 Å². The number of carbonyl (C=O) groups is 1. The summed E-state index contributed by atoms with van der Waals surface area (Å²) in [5.74, 6) is -0.156. The van der Waals surface area contributed by atoms with Crippen molar-refractivity contribution in [1.29, 1.82) is 0 Å². The first-order chi connectivity index (χ1) is 11.6. The number of carbonyl (C=O) groups excluding carboxylic acids is 1. The monoisotopic (exact) mass is 350 g/mol. The number of anilines is 1. The second-order valence-electron chi connectivity index (χ2n) is 5.28. The summed E-state index contributed by atoms with van der Waals surface area (Å²) in [6.07, 6.45) is 0.211. The van der Waals surface area contributed by atoms with Crippen LogP contribution in [0.15, 0.2) is 48.5 Å². The number of nitrogens with one attached hydrogen (secondary N) is 1. The average Bonchev–Trinajstić information content (AvgIpc) is 2.57. The molecule has 0 heterocycles. The molecule has 2 aromatic carbocycles. The van der Waals surface area contributed by atoms with E-state index in [2.05, 4.69) is 10.2 Å². The number of amides is 1. The third-order valence-electron chi connectivity index (χ3n) is 3.45. The molecule has 0 bridgehead atoms. The van der Waals surface area contributed by atoms with Crippen molar-refractivity contribution in [1.82, 2.24) is 5.32 Å². The van der Waals surface area contributed by atoms with Crippen LogP contribution in [-0.4, -0.2) is 32.7 Å². The van der Waals surface area contributed by atoms with Crippen molar-refractivity contribution < 1.29 is 13.9 Å². The van der Waals surface area contributed by atoms with Gasteiger partial charge >= 0.3 is 0 Å². The highest BCUT2D eigenvalue weighted by molar-refractivity contribution is 6.32. The first kappa shape index (κ1) is 18.1. The third-order valence-corrected chi connectivity index (χ3v) is 3.74. The lowest BCUT2D eigenvalue weighted by Gasteiger charge is -2.19. The highest BCUT2D eigenvalue weighted by Crippen LogP contribution is 2.24. The van der Waals surface area contributed by atoms with Gasteiger partial charge in [-0.1, -0.05) is 29.8 Å². The highest BCUT2D eigenvalue weighted by Gasteiger charge is 2.06. The van der Waals surface area contributed by atoms with E-state index in [-0.39, 0.29) is 24.0 Å². The largest absolute Gasteiger partial charge is 0.491 e. The maximum atomic E-state index is 12.9. The van der Waals surface area contributed by atoms with E-state index in [4.69, 9.17) is 16.3 Å². The number of benzene rings is 2. The molecule has 0 fully saturated rings. The van der Waals surface area contributed by atoms with Gasteiger partial charge < -0.3 is 15.0 Å². The van der Waals surface area contributed by atoms with Crippen LogP contribution in [-0.2, 0) is 4.79 Å². The molecule has 0 spiro atoms. The predicted molar refractivity (Wildman–Crippen MR) is 94.2 cm³/mol. The molecule has 2 rings (SSSR count). The number of nitrogens with zero attached hydrogens (tertiary/aromatic N) is 1. The molecule has 2 aromatic rings. The van der Waals surface area contributed by atoms with Crippen molar-refractivity contribution in [3.63, 3.8) is 0 Å². The molecule has 0 radical (unpaired) electrons. The van der Waals surface area contributed by atoms with Gasteiger partial charge in [0, 0.05) is 25.8 Å².